The maximum Gasteiger partial charge on any atom is 0.265 e. The molecule has 4 rings (SSSR count). The van der Waals surface area contributed by atoms with Crippen LogP contribution in [0.3, 0.4) is 0 Å². The Balaban J connectivity index is 1.52. The van der Waals surface area contributed by atoms with Gasteiger partial charge in [-0.05, 0) is 37.3 Å². The minimum Gasteiger partial charge on any atom is -0.497 e. The van der Waals surface area contributed by atoms with Crippen LogP contribution >= 0.6 is 0 Å². The van der Waals surface area contributed by atoms with E-state index in [0.717, 1.165) is 0 Å². The molecule has 1 N–H and O–H groups in total. The lowest BCUT2D eigenvalue weighted by atomic mass is 9.84. The molecule has 0 saturated heterocycles. The molecule has 0 saturated carbocycles. The number of nitrogens with one attached hydrogen (secondary N) is 1. The number of amides is 1. The summed E-state index contributed by atoms with van der Waals surface area (Å²) in [5.74, 6) is 0.301. The quantitative estimate of drug-likeness (QED) is 0.549. The molecule has 0 radical (unpaired) electrons. The number of rotatable bonds is 5. The Morgan fingerprint density at radius 2 is 1.43 bits per heavy atom. The van der Waals surface area contributed by atoms with Gasteiger partial charge in [0.05, 0.1) is 7.11 Å². The molecule has 0 bridgehead atoms. The maximum atomic E-state index is 12.8. The van der Waals surface area contributed by atoms with Crippen molar-refractivity contribution in [3.05, 3.63) is 89.0 Å². The molecule has 1 atom stereocenters. The van der Waals surface area contributed by atoms with Gasteiger partial charge in [0.15, 0.2) is 17.7 Å². The van der Waals surface area contributed by atoms with E-state index in [1.54, 1.807) is 74.7 Å². The van der Waals surface area contributed by atoms with E-state index in [9.17, 15) is 14.4 Å². The normalized spacial score (nSPS) is 13.1. The van der Waals surface area contributed by atoms with Gasteiger partial charge in [0.2, 0.25) is 0 Å². The highest BCUT2D eigenvalue weighted by Gasteiger charge is 2.29. The number of methoxy groups -OCH3 is 1. The van der Waals surface area contributed by atoms with Crippen molar-refractivity contribution in [2.75, 3.05) is 12.4 Å². The maximum absolute atomic E-state index is 12.8. The highest BCUT2D eigenvalue weighted by molar-refractivity contribution is 6.28. The van der Waals surface area contributed by atoms with Crippen LogP contribution in [-0.2, 0) is 4.79 Å². The first kappa shape index (κ1) is 19.4. The molecule has 0 aromatic heterocycles. The van der Waals surface area contributed by atoms with Crippen molar-refractivity contribution in [1.29, 1.82) is 0 Å². The topological polar surface area (TPSA) is 81.7 Å². The third-order valence-electron chi connectivity index (χ3n) is 4.92. The highest BCUT2D eigenvalue weighted by atomic mass is 16.5. The number of benzene rings is 3. The van der Waals surface area contributed by atoms with Crippen LogP contribution in [0.2, 0.25) is 0 Å². The van der Waals surface area contributed by atoms with Crippen molar-refractivity contribution in [2.24, 2.45) is 0 Å². The van der Waals surface area contributed by atoms with Crippen LogP contribution in [0.25, 0.3) is 0 Å². The standard InChI is InChI=1S/C24H19NO5/c1-14(30-17-7-5-6-16(13-17)29-2)24(28)25-15-10-11-20-21(12-15)23(27)19-9-4-3-8-18(19)22(20)26/h3-14H,1-2H3,(H,25,28). The Labute approximate surface area is 173 Å². The van der Waals surface area contributed by atoms with E-state index < -0.39 is 6.10 Å². The fourth-order valence-corrected chi connectivity index (χ4v) is 3.35. The first-order valence-electron chi connectivity index (χ1n) is 9.42. The largest absolute Gasteiger partial charge is 0.497 e. The molecule has 150 valence electrons. The summed E-state index contributed by atoms with van der Waals surface area (Å²) in [6, 6.07) is 18.4. The van der Waals surface area contributed by atoms with Crippen LogP contribution in [0.1, 0.15) is 38.8 Å². The molecular weight excluding hydrogens is 382 g/mol. The Bertz CT molecular complexity index is 1170. The fourth-order valence-electron chi connectivity index (χ4n) is 3.35. The first-order chi connectivity index (χ1) is 14.5. The van der Waals surface area contributed by atoms with E-state index in [1.807, 2.05) is 0 Å². The molecule has 6 heteroatoms. The first-order valence-corrected chi connectivity index (χ1v) is 9.42. The molecule has 0 aliphatic heterocycles. The monoisotopic (exact) mass is 401 g/mol. The zero-order valence-corrected chi connectivity index (χ0v) is 16.5. The van der Waals surface area contributed by atoms with Crippen LogP contribution in [0.5, 0.6) is 11.5 Å². The summed E-state index contributed by atoms with van der Waals surface area (Å²) in [5, 5.41) is 2.74. The molecule has 3 aromatic rings. The second-order valence-electron chi connectivity index (χ2n) is 6.89. The predicted octanol–water partition coefficient (Wildman–Crippen LogP) is 3.88. The second-order valence-corrected chi connectivity index (χ2v) is 6.89. The average Bonchev–Trinajstić information content (AvgIpc) is 2.77. The Kier molecular flexibility index (Phi) is 5.06. The van der Waals surface area contributed by atoms with Crippen molar-refractivity contribution in [2.45, 2.75) is 13.0 Å². The third-order valence-corrected chi connectivity index (χ3v) is 4.92. The SMILES string of the molecule is COc1cccc(OC(C)C(=O)Nc2ccc3c(c2)C(=O)c2ccccc2C3=O)c1. The molecule has 1 unspecified atom stereocenters. The lowest BCUT2D eigenvalue weighted by Crippen LogP contribution is -2.30. The van der Waals surface area contributed by atoms with E-state index in [0.29, 0.717) is 33.9 Å². The van der Waals surface area contributed by atoms with Gasteiger partial charge in [-0.15, -0.1) is 0 Å². The van der Waals surface area contributed by atoms with Crippen molar-refractivity contribution >= 4 is 23.2 Å². The summed E-state index contributed by atoms with van der Waals surface area (Å²) in [6.45, 7) is 1.62. The molecule has 0 heterocycles. The average molecular weight is 401 g/mol. The fraction of sp³-hybridized carbons (Fsp3) is 0.125. The number of ether oxygens (including phenoxy) is 2. The van der Waals surface area contributed by atoms with E-state index in [-0.39, 0.29) is 23.0 Å². The van der Waals surface area contributed by atoms with Crippen molar-refractivity contribution in [3.8, 4) is 11.5 Å². The number of ketones is 2. The predicted molar refractivity (Wildman–Crippen MR) is 111 cm³/mol. The zero-order valence-electron chi connectivity index (χ0n) is 16.5. The molecule has 3 aromatic carbocycles. The third kappa shape index (κ3) is 3.55. The van der Waals surface area contributed by atoms with Gasteiger partial charge in [-0.25, -0.2) is 0 Å². The molecule has 30 heavy (non-hydrogen) atoms. The summed E-state index contributed by atoms with van der Waals surface area (Å²) in [6.07, 6.45) is -0.786. The summed E-state index contributed by atoms with van der Waals surface area (Å²) in [5.41, 5.74) is 1.79. The van der Waals surface area contributed by atoms with E-state index in [2.05, 4.69) is 5.32 Å². The van der Waals surface area contributed by atoms with Crippen LogP contribution < -0.4 is 14.8 Å². The van der Waals surface area contributed by atoms with Crippen molar-refractivity contribution in [3.63, 3.8) is 0 Å². The Morgan fingerprint density at radius 1 is 0.800 bits per heavy atom. The number of anilines is 1. The number of carbonyl (C=O) groups excluding carboxylic acids is 3. The van der Waals surface area contributed by atoms with Crippen LogP contribution in [0.15, 0.2) is 66.7 Å². The van der Waals surface area contributed by atoms with Gasteiger partial charge in [-0.3, -0.25) is 14.4 Å². The summed E-state index contributed by atoms with van der Waals surface area (Å²) < 4.78 is 10.8. The molecule has 0 fully saturated rings. The Hall–Kier alpha value is -3.93. The zero-order chi connectivity index (χ0) is 21.3. The molecule has 1 aliphatic carbocycles. The molecular formula is C24H19NO5. The van der Waals surface area contributed by atoms with Crippen molar-refractivity contribution in [1.82, 2.24) is 0 Å². The molecule has 1 amide bonds. The molecule has 6 nitrogen and oxygen atoms in total. The van der Waals surface area contributed by atoms with Crippen LogP contribution in [-0.4, -0.2) is 30.7 Å². The lowest BCUT2D eigenvalue weighted by molar-refractivity contribution is -0.122. The molecule has 1 aliphatic rings. The second kappa shape index (κ2) is 7.83. The number of fused-ring (bicyclic) bond motifs is 2. The molecule has 0 spiro atoms. The Morgan fingerprint density at radius 3 is 2.13 bits per heavy atom. The van der Waals surface area contributed by atoms with Crippen molar-refractivity contribution < 1.29 is 23.9 Å². The van der Waals surface area contributed by atoms with Gasteiger partial charge in [0.1, 0.15) is 11.5 Å². The van der Waals surface area contributed by atoms with Gasteiger partial charge in [-0.2, -0.15) is 0 Å². The smallest absolute Gasteiger partial charge is 0.265 e. The van der Waals surface area contributed by atoms with Crippen LogP contribution in [0, 0.1) is 0 Å². The number of hydrogen-bond donors (Lipinski definition) is 1. The van der Waals surface area contributed by atoms with Gasteiger partial charge in [-0.1, -0.05) is 30.3 Å². The van der Waals surface area contributed by atoms with Gasteiger partial charge < -0.3 is 14.8 Å². The van der Waals surface area contributed by atoms with Gasteiger partial charge in [0.25, 0.3) is 5.91 Å². The number of hydrogen-bond acceptors (Lipinski definition) is 5. The van der Waals surface area contributed by atoms with Gasteiger partial charge in [0, 0.05) is 34.0 Å². The van der Waals surface area contributed by atoms with E-state index in [4.69, 9.17) is 9.47 Å². The van der Waals surface area contributed by atoms with E-state index >= 15 is 0 Å². The highest BCUT2D eigenvalue weighted by Crippen LogP contribution is 2.29. The van der Waals surface area contributed by atoms with E-state index in [1.165, 1.54) is 6.07 Å². The minimum atomic E-state index is -0.786. The minimum absolute atomic E-state index is 0.201. The lowest BCUT2D eigenvalue weighted by Gasteiger charge is -2.19. The number of carbonyl (C=O) groups is 3. The summed E-state index contributed by atoms with van der Waals surface area (Å²) in [7, 11) is 1.55. The summed E-state index contributed by atoms with van der Waals surface area (Å²) in [4.78, 5) is 38.1. The van der Waals surface area contributed by atoms with Crippen LogP contribution in [0.4, 0.5) is 5.69 Å². The summed E-state index contributed by atoms with van der Waals surface area (Å²) >= 11 is 0. The van der Waals surface area contributed by atoms with Gasteiger partial charge >= 0.3 is 0 Å².